The largest absolute Gasteiger partial charge is 0.459 e. The Morgan fingerprint density at radius 3 is 2.27 bits per heavy atom. The van der Waals surface area contributed by atoms with E-state index < -0.39 is 65.9 Å². The van der Waals surface area contributed by atoms with Gasteiger partial charge in [-0.1, -0.05) is 43.3 Å². The van der Waals surface area contributed by atoms with Crippen LogP contribution >= 0.6 is 0 Å². The summed E-state index contributed by atoms with van der Waals surface area (Å²) in [5.41, 5.74) is 7.27. The standard InChI is InChI=1S/C30H32F5N3O3/c1-2-19-6-5-7-20(12-19)17-37-18-27(25(36)15-21-13-22(31)16-23(32)14-21)41-29(40)11-10-28(39)38-26-9-4-3-8-24(26)30(33,34)35/h3-9,12-14,16,25,27,37H,2,10-11,15,17-18,36H2,1H3,(H,38,39)/t25-,27+/m0/s1. The molecule has 11 heteroatoms. The number of ether oxygens (including phenoxy) is 1. The lowest BCUT2D eigenvalue weighted by Gasteiger charge is -2.25. The van der Waals surface area contributed by atoms with E-state index >= 15 is 0 Å². The number of benzene rings is 3. The summed E-state index contributed by atoms with van der Waals surface area (Å²) in [5, 5.41) is 5.35. The summed E-state index contributed by atoms with van der Waals surface area (Å²) in [5.74, 6) is -3.14. The van der Waals surface area contributed by atoms with Crippen molar-refractivity contribution in [3.8, 4) is 0 Å². The van der Waals surface area contributed by atoms with Crippen molar-refractivity contribution < 1.29 is 36.3 Å². The van der Waals surface area contributed by atoms with Crippen molar-refractivity contribution in [2.45, 2.75) is 57.5 Å². The third-order valence-electron chi connectivity index (χ3n) is 6.29. The van der Waals surface area contributed by atoms with Crippen molar-refractivity contribution in [3.05, 3.63) is 101 Å². The summed E-state index contributed by atoms with van der Waals surface area (Å²) in [6.45, 7) is 2.57. The van der Waals surface area contributed by atoms with Gasteiger partial charge in [0.2, 0.25) is 5.91 Å². The zero-order valence-electron chi connectivity index (χ0n) is 22.4. The maximum absolute atomic E-state index is 13.7. The fourth-order valence-electron chi connectivity index (χ4n) is 4.23. The number of para-hydroxylation sites is 1. The molecule has 3 aromatic rings. The van der Waals surface area contributed by atoms with Gasteiger partial charge >= 0.3 is 12.1 Å². The van der Waals surface area contributed by atoms with Crippen molar-refractivity contribution in [1.82, 2.24) is 5.32 Å². The molecule has 0 aliphatic rings. The fourth-order valence-corrected chi connectivity index (χ4v) is 4.23. The number of aryl methyl sites for hydroxylation is 1. The Hall–Kier alpha value is -3.83. The van der Waals surface area contributed by atoms with Crippen LogP contribution in [0.2, 0.25) is 0 Å². The van der Waals surface area contributed by atoms with Crippen molar-refractivity contribution in [1.29, 1.82) is 0 Å². The molecular weight excluding hydrogens is 545 g/mol. The highest BCUT2D eigenvalue weighted by Gasteiger charge is 2.33. The van der Waals surface area contributed by atoms with Gasteiger partial charge in [-0.15, -0.1) is 0 Å². The zero-order chi connectivity index (χ0) is 30.0. The number of rotatable bonds is 13. The molecule has 0 aromatic heterocycles. The molecule has 0 spiro atoms. The molecule has 0 aliphatic carbocycles. The van der Waals surface area contributed by atoms with Crippen LogP contribution in [0.15, 0.2) is 66.7 Å². The number of nitrogens with one attached hydrogen (secondary N) is 2. The number of carbonyl (C=O) groups is 2. The van der Waals surface area contributed by atoms with Crippen LogP contribution < -0.4 is 16.4 Å². The van der Waals surface area contributed by atoms with Crippen LogP contribution in [0, 0.1) is 11.6 Å². The van der Waals surface area contributed by atoms with E-state index in [9.17, 15) is 31.5 Å². The minimum absolute atomic E-state index is 0.00562. The lowest BCUT2D eigenvalue weighted by Crippen LogP contribution is -2.46. The average Bonchev–Trinajstić information content (AvgIpc) is 2.90. The number of anilines is 1. The predicted molar refractivity (Wildman–Crippen MR) is 145 cm³/mol. The van der Waals surface area contributed by atoms with Gasteiger partial charge in [0.1, 0.15) is 17.7 Å². The first kappa shape index (κ1) is 31.7. The third-order valence-corrected chi connectivity index (χ3v) is 6.29. The van der Waals surface area contributed by atoms with Crippen LogP contribution in [0.25, 0.3) is 0 Å². The second-order valence-electron chi connectivity index (χ2n) is 9.57. The first-order valence-corrected chi connectivity index (χ1v) is 13.1. The molecule has 0 aliphatic heterocycles. The number of esters is 1. The predicted octanol–water partition coefficient (Wildman–Crippen LogP) is 5.54. The Kier molecular flexibility index (Phi) is 11.4. The Morgan fingerprint density at radius 2 is 1.59 bits per heavy atom. The molecule has 4 N–H and O–H groups in total. The number of nitrogens with two attached hydrogens (primary N) is 1. The summed E-state index contributed by atoms with van der Waals surface area (Å²) >= 11 is 0. The molecule has 2 atom stereocenters. The zero-order valence-corrected chi connectivity index (χ0v) is 22.4. The van der Waals surface area contributed by atoms with Gasteiger partial charge in [0.05, 0.1) is 17.7 Å². The molecule has 0 saturated carbocycles. The van der Waals surface area contributed by atoms with Gasteiger partial charge in [-0.05, 0) is 53.8 Å². The van der Waals surface area contributed by atoms with E-state index in [1.54, 1.807) is 0 Å². The summed E-state index contributed by atoms with van der Waals surface area (Å²) in [4.78, 5) is 24.9. The van der Waals surface area contributed by atoms with Gasteiger partial charge in [-0.3, -0.25) is 9.59 Å². The van der Waals surface area contributed by atoms with E-state index in [1.807, 2.05) is 31.2 Å². The second kappa shape index (κ2) is 14.7. The average molecular weight is 578 g/mol. The molecule has 1 amide bonds. The number of carbonyl (C=O) groups excluding carboxylic acids is 2. The normalized spacial score (nSPS) is 13.0. The van der Waals surface area contributed by atoms with Crippen LogP contribution in [-0.2, 0) is 39.9 Å². The van der Waals surface area contributed by atoms with Crippen molar-refractivity contribution in [2.24, 2.45) is 5.73 Å². The third kappa shape index (κ3) is 10.3. The van der Waals surface area contributed by atoms with Crippen LogP contribution in [0.1, 0.15) is 42.0 Å². The SMILES string of the molecule is CCc1cccc(CNC[C@@H](OC(=O)CCC(=O)Nc2ccccc2C(F)(F)F)[C@@H](N)Cc2cc(F)cc(F)c2)c1. The molecule has 0 saturated heterocycles. The molecule has 0 bridgehead atoms. The minimum atomic E-state index is -4.67. The summed E-state index contributed by atoms with van der Waals surface area (Å²) in [7, 11) is 0. The number of hydrogen-bond acceptors (Lipinski definition) is 5. The second-order valence-corrected chi connectivity index (χ2v) is 9.57. The van der Waals surface area contributed by atoms with E-state index in [-0.39, 0.29) is 18.5 Å². The minimum Gasteiger partial charge on any atom is -0.459 e. The molecule has 41 heavy (non-hydrogen) atoms. The summed E-state index contributed by atoms with van der Waals surface area (Å²) < 4.78 is 72.5. The Bertz CT molecular complexity index is 1310. The number of alkyl halides is 3. The van der Waals surface area contributed by atoms with E-state index in [2.05, 4.69) is 10.6 Å². The first-order valence-electron chi connectivity index (χ1n) is 13.1. The van der Waals surface area contributed by atoms with Gasteiger partial charge in [0.25, 0.3) is 0 Å². The molecule has 3 rings (SSSR count). The monoisotopic (exact) mass is 577 g/mol. The van der Waals surface area contributed by atoms with Gasteiger partial charge in [0, 0.05) is 31.6 Å². The van der Waals surface area contributed by atoms with E-state index in [1.165, 1.54) is 12.1 Å². The number of halogens is 5. The fraction of sp³-hybridized carbons (Fsp3) is 0.333. The molecule has 0 heterocycles. The van der Waals surface area contributed by atoms with E-state index in [0.29, 0.717) is 6.54 Å². The van der Waals surface area contributed by atoms with Crippen LogP contribution in [-0.4, -0.2) is 30.6 Å². The van der Waals surface area contributed by atoms with E-state index in [0.717, 1.165) is 47.9 Å². The highest BCUT2D eigenvalue weighted by Crippen LogP contribution is 2.34. The molecule has 0 unspecified atom stereocenters. The van der Waals surface area contributed by atoms with Crippen LogP contribution in [0.3, 0.4) is 0 Å². The lowest BCUT2D eigenvalue weighted by molar-refractivity contribution is -0.150. The summed E-state index contributed by atoms with van der Waals surface area (Å²) in [6, 6.07) is 14.5. The smallest absolute Gasteiger partial charge is 0.418 e. The Balaban J connectivity index is 1.62. The Labute approximate surface area is 235 Å². The van der Waals surface area contributed by atoms with Crippen molar-refractivity contribution in [2.75, 3.05) is 11.9 Å². The molecule has 3 aromatic carbocycles. The first-order chi connectivity index (χ1) is 19.4. The van der Waals surface area contributed by atoms with Crippen molar-refractivity contribution in [3.63, 3.8) is 0 Å². The highest BCUT2D eigenvalue weighted by molar-refractivity contribution is 5.93. The van der Waals surface area contributed by atoms with Crippen LogP contribution in [0.5, 0.6) is 0 Å². The van der Waals surface area contributed by atoms with Gasteiger partial charge in [-0.2, -0.15) is 13.2 Å². The molecular formula is C30H32F5N3O3. The topological polar surface area (TPSA) is 93.4 Å². The van der Waals surface area contributed by atoms with Gasteiger partial charge in [0.15, 0.2) is 0 Å². The molecule has 0 radical (unpaired) electrons. The number of amides is 1. The van der Waals surface area contributed by atoms with Crippen molar-refractivity contribution >= 4 is 17.6 Å². The molecule has 220 valence electrons. The van der Waals surface area contributed by atoms with Gasteiger partial charge < -0.3 is 21.1 Å². The van der Waals surface area contributed by atoms with E-state index in [4.69, 9.17) is 10.5 Å². The molecule has 6 nitrogen and oxygen atoms in total. The molecule has 0 fully saturated rings. The number of hydrogen-bond donors (Lipinski definition) is 3. The maximum Gasteiger partial charge on any atom is 0.418 e. The highest BCUT2D eigenvalue weighted by atomic mass is 19.4. The van der Waals surface area contributed by atoms with Crippen LogP contribution in [0.4, 0.5) is 27.6 Å². The summed E-state index contributed by atoms with van der Waals surface area (Å²) in [6.07, 6.45) is -5.60. The van der Waals surface area contributed by atoms with Gasteiger partial charge in [-0.25, -0.2) is 8.78 Å². The lowest BCUT2D eigenvalue weighted by atomic mass is 10.0. The maximum atomic E-state index is 13.7. The quantitative estimate of drug-likeness (QED) is 0.183. The Morgan fingerprint density at radius 1 is 0.902 bits per heavy atom.